The highest BCUT2D eigenvalue weighted by Crippen LogP contribution is 2.28. The Hall–Kier alpha value is -2.88. The molecule has 0 atom stereocenters. The van der Waals surface area contributed by atoms with Crippen LogP contribution in [0.3, 0.4) is 0 Å². The topological polar surface area (TPSA) is 64.9 Å². The van der Waals surface area contributed by atoms with Crippen LogP contribution in [-0.4, -0.2) is 9.97 Å². The van der Waals surface area contributed by atoms with Crippen molar-refractivity contribution in [2.45, 2.75) is 13.3 Å². The predicted octanol–water partition coefficient (Wildman–Crippen LogP) is 4.19. The van der Waals surface area contributed by atoms with Crippen LogP contribution in [0.1, 0.15) is 12.7 Å². The summed E-state index contributed by atoms with van der Waals surface area (Å²) in [6.45, 7) is 2.09. The molecule has 0 aliphatic heterocycles. The van der Waals surface area contributed by atoms with Gasteiger partial charge in [-0.15, -0.1) is 0 Å². The van der Waals surface area contributed by atoms with Gasteiger partial charge >= 0.3 is 0 Å². The highest BCUT2D eigenvalue weighted by atomic mass is 16.3. The molecule has 108 valence electrons. The molecule has 22 heavy (non-hydrogen) atoms. The molecule has 0 radical (unpaired) electrons. The fourth-order valence-electron chi connectivity index (χ4n) is 2.68. The van der Waals surface area contributed by atoms with Crippen molar-refractivity contribution in [1.82, 2.24) is 9.97 Å². The minimum Gasteiger partial charge on any atom is -0.461 e. The van der Waals surface area contributed by atoms with Crippen LogP contribution in [-0.2, 0) is 6.42 Å². The number of benzene rings is 2. The molecule has 0 saturated heterocycles. The number of nitrogens with two attached hydrogens (primary N) is 1. The SMILES string of the molecule is CCc1cc2cc(-c3ccc4nc(N)ncc4c3)ccc2o1. The molecule has 0 fully saturated rings. The normalized spacial score (nSPS) is 11.3. The zero-order valence-corrected chi connectivity index (χ0v) is 12.2. The standard InChI is InChI=1S/C18H15N3O/c1-2-15-9-13-7-12(4-6-17(13)22-15)11-3-5-16-14(8-11)10-20-18(19)21-16/h3-10H,2H2,1H3,(H2,19,20,21). The van der Waals surface area contributed by atoms with Crippen LogP contribution in [0, 0.1) is 0 Å². The second kappa shape index (κ2) is 4.84. The summed E-state index contributed by atoms with van der Waals surface area (Å²) < 4.78 is 5.76. The molecule has 0 spiro atoms. The summed E-state index contributed by atoms with van der Waals surface area (Å²) in [6.07, 6.45) is 2.66. The van der Waals surface area contributed by atoms with Gasteiger partial charge in [0, 0.05) is 23.4 Å². The fraction of sp³-hybridized carbons (Fsp3) is 0.111. The number of nitrogens with zero attached hydrogens (tertiary/aromatic N) is 2. The number of furan rings is 1. The zero-order chi connectivity index (χ0) is 15.1. The lowest BCUT2D eigenvalue weighted by molar-refractivity contribution is 0.557. The number of rotatable bonds is 2. The molecule has 2 heterocycles. The van der Waals surface area contributed by atoms with Crippen molar-refractivity contribution in [1.29, 1.82) is 0 Å². The molecule has 4 heteroatoms. The minimum absolute atomic E-state index is 0.298. The molecule has 2 aromatic carbocycles. The lowest BCUT2D eigenvalue weighted by atomic mass is 10.0. The van der Waals surface area contributed by atoms with E-state index in [9.17, 15) is 0 Å². The average Bonchev–Trinajstić information content (AvgIpc) is 2.96. The van der Waals surface area contributed by atoms with Gasteiger partial charge in [0.15, 0.2) is 0 Å². The van der Waals surface area contributed by atoms with Gasteiger partial charge in [-0.3, -0.25) is 0 Å². The molecule has 0 bridgehead atoms. The number of hydrogen-bond acceptors (Lipinski definition) is 4. The highest BCUT2D eigenvalue weighted by molar-refractivity contribution is 5.88. The number of aromatic nitrogens is 2. The van der Waals surface area contributed by atoms with E-state index in [0.717, 1.165) is 45.2 Å². The van der Waals surface area contributed by atoms with Crippen LogP contribution in [0.4, 0.5) is 5.95 Å². The van der Waals surface area contributed by atoms with Crippen molar-refractivity contribution in [3.8, 4) is 11.1 Å². The molecule has 0 unspecified atom stereocenters. The summed E-state index contributed by atoms with van der Waals surface area (Å²) in [5.74, 6) is 1.31. The summed E-state index contributed by atoms with van der Waals surface area (Å²) in [6, 6.07) is 14.5. The lowest BCUT2D eigenvalue weighted by Crippen LogP contribution is -1.93. The Bertz CT molecular complexity index is 988. The average molecular weight is 289 g/mol. The van der Waals surface area contributed by atoms with E-state index in [1.807, 2.05) is 12.1 Å². The summed E-state index contributed by atoms with van der Waals surface area (Å²) in [7, 11) is 0. The van der Waals surface area contributed by atoms with E-state index in [0.29, 0.717) is 5.95 Å². The maximum Gasteiger partial charge on any atom is 0.220 e. The second-order valence-electron chi connectivity index (χ2n) is 5.32. The van der Waals surface area contributed by atoms with Crippen LogP contribution < -0.4 is 5.73 Å². The van der Waals surface area contributed by atoms with Gasteiger partial charge < -0.3 is 10.2 Å². The maximum absolute atomic E-state index is 5.76. The first-order valence-corrected chi connectivity index (χ1v) is 7.28. The minimum atomic E-state index is 0.298. The molecular weight excluding hydrogens is 274 g/mol. The van der Waals surface area contributed by atoms with Crippen LogP contribution in [0.5, 0.6) is 0 Å². The van der Waals surface area contributed by atoms with Crippen LogP contribution in [0.25, 0.3) is 33.0 Å². The van der Waals surface area contributed by atoms with E-state index in [4.69, 9.17) is 10.2 Å². The number of nitrogen functional groups attached to an aromatic ring is 1. The molecule has 4 nitrogen and oxygen atoms in total. The Morgan fingerprint density at radius 3 is 2.59 bits per heavy atom. The molecule has 0 amide bonds. The molecule has 2 N–H and O–H groups in total. The third-order valence-electron chi connectivity index (χ3n) is 3.85. The predicted molar refractivity (Wildman–Crippen MR) is 88.5 cm³/mol. The Morgan fingerprint density at radius 2 is 1.77 bits per heavy atom. The van der Waals surface area contributed by atoms with E-state index in [-0.39, 0.29) is 0 Å². The maximum atomic E-state index is 5.76. The van der Waals surface area contributed by atoms with Crippen molar-refractivity contribution >= 4 is 27.8 Å². The van der Waals surface area contributed by atoms with Crippen LogP contribution >= 0.6 is 0 Å². The number of aryl methyl sites for hydroxylation is 1. The van der Waals surface area contributed by atoms with Gasteiger partial charge in [0.1, 0.15) is 11.3 Å². The van der Waals surface area contributed by atoms with Gasteiger partial charge in [-0.1, -0.05) is 19.1 Å². The second-order valence-corrected chi connectivity index (χ2v) is 5.32. The Kier molecular flexibility index (Phi) is 2.82. The summed E-state index contributed by atoms with van der Waals surface area (Å²) in [5, 5.41) is 2.11. The first-order valence-electron chi connectivity index (χ1n) is 7.28. The smallest absolute Gasteiger partial charge is 0.220 e. The molecular formula is C18H15N3O. The van der Waals surface area contributed by atoms with Gasteiger partial charge in [0.2, 0.25) is 5.95 Å². The Labute approximate surface area is 127 Å². The third kappa shape index (κ3) is 2.09. The van der Waals surface area contributed by atoms with Gasteiger partial charge in [0.25, 0.3) is 0 Å². The fourth-order valence-corrected chi connectivity index (χ4v) is 2.68. The van der Waals surface area contributed by atoms with Gasteiger partial charge in [-0.2, -0.15) is 0 Å². The summed E-state index contributed by atoms with van der Waals surface area (Å²) in [5.41, 5.74) is 9.68. The third-order valence-corrected chi connectivity index (χ3v) is 3.85. The molecule has 4 aromatic rings. The van der Waals surface area contributed by atoms with Crippen molar-refractivity contribution in [2.24, 2.45) is 0 Å². The van der Waals surface area contributed by atoms with E-state index in [1.54, 1.807) is 6.20 Å². The number of fused-ring (bicyclic) bond motifs is 2. The van der Waals surface area contributed by atoms with Crippen LogP contribution in [0.15, 0.2) is 53.1 Å². The molecule has 0 aliphatic carbocycles. The van der Waals surface area contributed by atoms with E-state index < -0.39 is 0 Å². The van der Waals surface area contributed by atoms with E-state index in [1.165, 1.54) is 0 Å². The molecule has 4 rings (SSSR count). The largest absolute Gasteiger partial charge is 0.461 e. The number of hydrogen-bond donors (Lipinski definition) is 1. The van der Waals surface area contributed by atoms with Crippen molar-refractivity contribution < 1.29 is 4.42 Å². The molecule has 0 aliphatic rings. The van der Waals surface area contributed by atoms with Crippen molar-refractivity contribution in [2.75, 3.05) is 5.73 Å². The van der Waals surface area contributed by atoms with Crippen molar-refractivity contribution in [3.05, 3.63) is 54.4 Å². The van der Waals surface area contributed by atoms with Crippen LogP contribution in [0.2, 0.25) is 0 Å². The van der Waals surface area contributed by atoms with E-state index in [2.05, 4.69) is 47.2 Å². The zero-order valence-electron chi connectivity index (χ0n) is 12.2. The molecule has 2 aromatic heterocycles. The quantitative estimate of drug-likeness (QED) is 0.601. The van der Waals surface area contributed by atoms with Gasteiger partial charge in [-0.05, 0) is 41.5 Å². The van der Waals surface area contributed by atoms with Gasteiger partial charge in [0.05, 0.1) is 5.52 Å². The van der Waals surface area contributed by atoms with Gasteiger partial charge in [-0.25, -0.2) is 9.97 Å². The van der Waals surface area contributed by atoms with E-state index >= 15 is 0 Å². The summed E-state index contributed by atoms with van der Waals surface area (Å²) in [4.78, 5) is 8.28. The first kappa shape index (κ1) is 12.8. The Balaban J connectivity index is 1.84. The monoisotopic (exact) mass is 289 g/mol. The summed E-state index contributed by atoms with van der Waals surface area (Å²) >= 11 is 0. The Morgan fingerprint density at radius 1 is 1.00 bits per heavy atom. The number of anilines is 1. The first-order chi connectivity index (χ1) is 10.7. The highest BCUT2D eigenvalue weighted by Gasteiger charge is 2.06. The van der Waals surface area contributed by atoms with Crippen molar-refractivity contribution in [3.63, 3.8) is 0 Å². The molecule has 0 saturated carbocycles. The lowest BCUT2D eigenvalue weighted by Gasteiger charge is -2.04.